The first kappa shape index (κ1) is 31.2. The fraction of sp³-hybridized carbons (Fsp3) is 0.174. The van der Waals surface area contributed by atoms with E-state index >= 15 is 0 Å². The smallest absolute Gasteiger partial charge is 0.101 e. The summed E-state index contributed by atoms with van der Waals surface area (Å²) in [7, 11) is 0. The van der Waals surface area contributed by atoms with Gasteiger partial charge in [0.2, 0.25) is 0 Å². The highest BCUT2D eigenvalue weighted by Gasteiger charge is 2.22. The van der Waals surface area contributed by atoms with Gasteiger partial charge in [0.1, 0.15) is 12.1 Å². The van der Waals surface area contributed by atoms with Crippen LogP contribution < -0.4 is 0 Å². The fourth-order valence-electron chi connectivity index (χ4n) is 7.37. The van der Waals surface area contributed by atoms with Gasteiger partial charge in [-0.1, -0.05) is 114 Å². The Bertz CT molecular complexity index is 2550. The third kappa shape index (κ3) is 4.88. The van der Waals surface area contributed by atoms with Gasteiger partial charge < -0.3 is 9.13 Å². The lowest BCUT2D eigenvalue weighted by atomic mass is 9.86. The van der Waals surface area contributed by atoms with Gasteiger partial charge in [0.15, 0.2) is 0 Å². The van der Waals surface area contributed by atoms with Crippen molar-refractivity contribution in [2.24, 2.45) is 0 Å². The summed E-state index contributed by atoms with van der Waals surface area (Å²) in [5.41, 5.74) is 11.5. The molecule has 0 aliphatic heterocycles. The summed E-state index contributed by atoms with van der Waals surface area (Å²) in [6, 6.07) is 47.4. The van der Waals surface area contributed by atoms with E-state index in [-0.39, 0.29) is 10.8 Å². The van der Waals surface area contributed by atoms with Gasteiger partial charge in [0.05, 0.1) is 44.6 Å². The molecule has 0 fully saturated rings. The van der Waals surface area contributed by atoms with Gasteiger partial charge in [-0.2, -0.15) is 10.5 Å². The molecular formula is C46H38N4. The summed E-state index contributed by atoms with van der Waals surface area (Å²) < 4.78 is 4.49. The molecule has 242 valence electrons. The van der Waals surface area contributed by atoms with Crippen LogP contribution in [0.5, 0.6) is 0 Å². The number of hydrogen-bond acceptors (Lipinski definition) is 2. The Labute approximate surface area is 293 Å². The second-order valence-electron chi connectivity index (χ2n) is 15.4. The lowest BCUT2D eigenvalue weighted by molar-refractivity contribution is 0.590. The molecule has 0 saturated carbocycles. The number of hydrogen-bond donors (Lipinski definition) is 0. The largest absolute Gasteiger partial charge is 0.308 e. The number of para-hydroxylation sites is 2. The molecule has 6 aromatic carbocycles. The molecule has 0 amide bonds. The fourth-order valence-corrected chi connectivity index (χ4v) is 7.37. The second-order valence-corrected chi connectivity index (χ2v) is 15.4. The number of nitriles is 2. The van der Waals surface area contributed by atoms with Crippen LogP contribution in [0.3, 0.4) is 0 Å². The number of rotatable bonds is 3. The van der Waals surface area contributed by atoms with E-state index in [1.54, 1.807) is 0 Å². The molecule has 0 saturated heterocycles. The van der Waals surface area contributed by atoms with Gasteiger partial charge >= 0.3 is 0 Å². The molecule has 0 radical (unpaired) electrons. The Morgan fingerprint density at radius 3 is 1.18 bits per heavy atom. The topological polar surface area (TPSA) is 57.4 Å². The normalized spacial score (nSPS) is 12.2. The quantitative estimate of drug-likeness (QED) is 0.192. The monoisotopic (exact) mass is 646 g/mol. The SMILES string of the molecule is CC(C)(C)c1ccc2c3ccccc3n(-c3cc(-c4ccc(C#N)c(-n5c6ccccc6c6ccc(C(C)(C)C)cc65)c4)ccc3C#N)c2c1. The highest BCUT2D eigenvalue weighted by Crippen LogP contribution is 2.39. The molecular weight excluding hydrogens is 609 g/mol. The molecule has 8 rings (SSSR count). The van der Waals surface area contributed by atoms with Crippen molar-refractivity contribution in [2.75, 3.05) is 0 Å². The zero-order valence-electron chi connectivity index (χ0n) is 29.3. The van der Waals surface area contributed by atoms with E-state index in [1.807, 2.05) is 24.3 Å². The van der Waals surface area contributed by atoms with Crippen LogP contribution in [-0.4, -0.2) is 9.13 Å². The van der Waals surface area contributed by atoms with Gasteiger partial charge in [-0.25, -0.2) is 0 Å². The second kappa shape index (κ2) is 11.2. The lowest BCUT2D eigenvalue weighted by Gasteiger charge is -2.20. The van der Waals surface area contributed by atoms with Crippen molar-refractivity contribution in [1.29, 1.82) is 10.5 Å². The van der Waals surface area contributed by atoms with Crippen LogP contribution in [0, 0.1) is 22.7 Å². The van der Waals surface area contributed by atoms with Gasteiger partial charge in [-0.15, -0.1) is 0 Å². The summed E-state index contributed by atoms with van der Waals surface area (Å²) in [5, 5.41) is 25.5. The van der Waals surface area contributed by atoms with Crippen LogP contribution in [0.2, 0.25) is 0 Å². The molecule has 0 spiro atoms. The van der Waals surface area contributed by atoms with Crippen molar-refractivity contribution in [3.05, 3.63) is 144 Å². The van der Waals surface area contributed by atoms with Crippen molar-refractivity contribution in [2.45, 2.75) is 52.4 Å². The molecule has 0 aliphatic rings. The summed E-state index contributed by atoms with van der Waals surface area (Å²) in [4.78, 5) is 0. The molecule has 0 N–H and O–H groups in total. The standard InChI is InChI=1S/C46H38N4/c1-45(2,3)33-19-21-37-35-11-7-9-13-39(35)49(43(37)25-33)41-23-29(15-17-31(41)27-47)30-16-18-32(28-48)42(24-30)50-40-14-10-8-12-36(40)38-22-20-34(26-44(38)50)46(4,5)6/h7-26H,1-6H3. The summed E-state index contributed by atoms with van der Waals surface area (Å²) in [5.74, 6) is 0. The molecule has 8 aromatic rings. The first-order valence-corrected chi connectivity index (χ1v) is 17.1. The average molecular weight is 647 g/mol. The predicted octanol–water partition coefficient (Wildman–Crippen LogP) is 11.9. The minimum absolute atomic E-state index is 0.0330. The van der Waals surface area contributed by atoms with Crippen molar-refractivity contribution in [3.63, 3.8) is 0 Å². The van der Waals surface area contributed by atoms with Crippen LogP contribution in [0.15, 0.2) is 121 Å². The number of benzene rings is 6. The zero-order chi connectivity index (χ0) is 34.9. The maximum absolute atomic E-state index is 10.4. The van der Waals surface area contributed by atoms with Gasteiger partial charge in [-0.05, 0) is 81.6 Å². The lowest BCUT2D eigenvalue weighted by Crippen LogP contribution is -2.11. The van der Waals surface area contributed by atoms with E-state index < -0.39 is 0 Å². The molecule has 2 heterocycles. The van der Waals surface area contributed by atoms with E-state index in [4.69, 9.17) is 0 Å². The molecule has 4 nitrogen and oxygen atoms in total. The number of fused-ring (bicyclic) bond motifs is 6. The average Bonchev–Trinajstić information content (AvgIpc) is 3.62. The highest BCUT2D eigenvalue weighted by molar-refractivity contribution is 6.11. The van der Waals surface area contributed by atoms with E-state index in [1.165, 1.54) is 11.1 Å². The molecule has 0 aliphatic carbocycles. The summed E-state index contributed by atoms with van der Waals surface area (Å²) in [6.45, 7) is 13.4. The molecule has 0 atom stereocenters. The maximum Gasteiger partial charge on any atom is 0.101 e. The van der Waals surface area contributed by atoms with Crippen LogP contribution in [0.4, 0.5) is 0 Å². The molecule has 4 heteroatoms. The highest BCUT2D eigenvalue weighted by atomic mass is 15.0. The predicted molar refractivity (Wildman–Crippen MR) is 207 cm³/mol. The first-order valence-electron chi connectivity index (χ1n) is 17.1. The van der Waals surface area contributed by atoms with E-state index in [0.29, 0.717) is 11.1 Å². The third-order valence-corrected chi connectivity index (χ3v) is 10.1. The molecule has 0 unspecified atom stereocenters. The van der Waals surface area contributed by atoms with Crippen molar-refractivity contribution < 1.29 is 0 Å². The van der Waals surface area contributed by atoms with Crippen LogP contribution in [0.25, 0.3) is 66.1 Å². The first-order chi connectivity index (χ1) is 24.0. The summed E-state index contributed by atoms with van der Waals surface area (Å²) >= 11 is 0. The number of nitrogens with zero attached hydrogens (tertiary/aromatic N) is 4. The molecule has 50 heavy (non-hydrogen) atoms. The third-order valence-electron chi connectivity index (χ3n) is 10.1. The minimum Gasteiger partial charge on any atom is -0.308 e. The Morgan fingerprint density at radius 1 is 0.420 bits per heavy atom. The van der Waals surface area contributed by atoms with Crippen molar-refractivity contribution in [3.8, 4) is 34.6 Å². The number of aromatic nitrogens is 2. The molecule has 2 aromatic heterocycles. The zero-order valence-corrected chi connectivity index (χ0v) is 29.3. The maximum atomic E-state index is 10.4. The summed E-state index contributed by atoms with van der Waals surface area (Å²) in [6.07, 6.45) is 0. The molecule has 0 bridgehead atoms. The minimum atomic E-state index is -0.0330. The van der Waals surface area contributed by atoms with Crippen molar-refractivity contribution >= 4 is 43.6 Å². The Morgan fingerprint density at radius 2 is 0.800 bits per heavy atom. The van der Waals surface area contributed by atoms with E-state index in [0.717, 1.165) is 66.1 Å². The van der Waals surface area contributed by atoms with Crippen molar-refractivity contribution in [1.82, 2.24) is 9.13 Å². The van der Waals surface area contributed by atoms with E-state index in [2.05, 4.69) is 160 Å². The van der Waals surface area contributed by atoms with Gasteiger partial charge in [0.25, 0.3) is 0 Å². The van der Waals surface area contributed by atoms with E-state index in [9.17, 15) is 10.5 Å². The Kier molecular flexibility index (Phi) is 7.00. The van der Waals surface area contributed by atoms with Crippen LogP contribution in [0.1, 0.15) is 63.8 Å². The van der Waals surface area contributed by atoms with Gasteiger partial charge in [0, 0.05) is 21.5 Å². The Balaban J connectivity index is 1.39. The van der Waals surface area contributed by atoms with Crippen LogP contribution in [-0.2, 0) is 10.8 Å². The Hall–Kier alpha value is -6.10. The van der Waals surface area contributed by atoms with Crippen LogP contribution >= 0.6 is 0 Å². The van der Waals surface area contributed by atoms with Gasteiger partial charge in [-0.3, -0.25) is 0 Å².